The molecule has 8 nitrogen and oxygen atoms in total. The standard InChI is InChI=1S/C20H25N3O5/c1-2-28-20(27)21-16-4-3-11-22(13-16)19(26)15-7-5-14(6-8-15)12-23-17(24)9-10-18(23)25/h5-8,16H,2-4,9-13H2,1H3,(H,21,27). The van der Waals surface area contributed by atoms with Crippen LogP contribution in [0.3, 0.4) is 0 Å². The van der Waals surface area contributed by atoms with Gasteiger partial charge in [0.05, 0.1) is 13.2 Å². The minimum Gasteiger partial charge on any atom is -0.450 e. The van der Waals surface area contributed by atoms with Crippen molar-refractivity contribution in [3.05, 3.63) is 35.4 Å². The van der Waals surface area contributed by atoms with Crippen LogP contribution in [0.5, 0.6) is 0 Å². The van der Waals surface area contributed by atoms with Crippen LogP contribution in [0.15, 0.2) is 24.3 Å². The first kappa shape index (κ1) is 19.9. The average Bonchev–Trinajstić information content (AvgIpc) is 3.00. The fraction of sp³-hybridized carbons (Fsp3) is 0.500. The van der Waals surface area contributed by atoms with Crippen molar-refractivity contribution in [2.75, 3.05) is 19.7 Å². The van der Waals surface area contributed by atoms with Gasteiger partial charge in [-0.15, -0.1) is 0 Å². The Morgan fingerprint density at radius 1 is 1.14 bits per heavy atom. The molecule has 2 heterocycles. The number of rotatable bonds is 5. The minimum absolute atomic E-state index is 0.102. The summed E-state index contributed by atoms with van der Waals surface area (Å²) in [5.74, 6) is -0.410. The predicted molar refractivity (Wildman–Crippen MR) is 100 cm³/mol. The molecule has 1 unspecified atom stereocenters. The summed E-state index contributed by atoms with van der Waals surface area (Å²) in [7, 11) is 0. The van der Waals surface area contributed by atoms with Gasteiger partial charge in [0.25, 0.3) is 5.91 Å². The number of carbonyl (C=O) groups excluding carboxylic acids is 4. The molecule has 2 fully saturated rings. The Labute approximate surface area is 163 Å². The first-order valence-corrected chi connectivity index (χ1v) is 9.62. The molecule has 0 saturated carbocycles. The van der Waals surface area contributed by atoms with E-state index in [0.29, 0.717) is 25.3 Å². The van der Waals surface area contributed by atoms with Crippen LogP contribution in [-0.2, 0) is 20.9 Å². The number of benzene rings is 1. The van der Waals surface area contributed by atoms with Gasteiger partial charge in [-0.1, -0.05) is 12.1 Å². The lowest BCUT2D eigenvalue weighted by Crippen LogP contribution is -2.49. The second kappa shape index (κ2) is 8.86. The number of likely N-dealkylation sites (tertiary alicyclic amines) is 2. The quantitative estimate of drug-likeness (QED) is 0.776. The van der Waals surface area contributed by atoms with E-state index in [-0.39, 0.29) is 43.1 Å². The number of amides is 4. The number of carbonyl (C=O) groups is 4. The Morgan fingerprint density at radius 3 is 2.46 bits per heavy atom. The summed E-state index contributed by atoms with van der Waals surface area (Å²) < 4.78 is 4.90. The van der Waals surface area contributed by atoms with Gasteiger partial charge in [-0.25, -0.2) is 4.79 Å². The van der Waals surface area contributed by atoms with Gasteiger partial charge in [-0.2, -0.15) is 0 Å². The van der Waals surface area contributed by atoms with Gasteiger partial charge in [0.1, 0.15) is 0 Å². The minimum atomic E-state index is -0.461. The summed E-state index contributed by atoms with van der Waals surface area (Å²) in [6.07, 6.45) is 1.69. The maximum Gasteiger partial charge on any atom is 0.407 e. The Kier molecular flexibility index (Phi) is 6.28. The molecule has 0 bridgehead atoms. The Bertz CT molecular complexity index is 746. The summed E-state index contributed by atoms with van der Waals surface area (Å²) in [6, 6.07) is 6.84. The zero-order valence-corrected chi connectivity index (χ0v) is 16.0. The molecule has 4 amide bonds. The van der Waals surface area contributed by atoms with Crippen molar-refractivity contribution in [2.45, 2.75) is 45.2 Å². The molecule has 1 aromatic rings. The van der Waals surface area contributed by atoms with E-state index in [9.17, 15) is 19.2 Å². The Morgan fingerprint density at radius 2 is 1.82 bits per heavy atom. The molecule has 3 rings (SSSR count). The smallest absolute Gasteiger partial charge is 0.407 e. The Balaban J connectivity index is 1.58. The first-order valence-electron chi connectivity index (χ1n) is 9.62. The first-order chi connectivity index (χ1) is 13.5. The monoisotopic (exact) mass is 387 g/mol. The fourth-order valence-corrected chi connectivity index (χ4v) is 3.54. The second-order valence-electron chi connectivity index (χ2n) is 7.03. The third-order valence-corrected chi connectivity index (χ3v) is 5.00. The van der Waals surface area contributed by atoms with Gasteiger partial charge in [0.15, 0.2) is 0 Å². The number of nitrogens with one attached hydrogen (secondary N) is 1. The largest absolute Gasteiger partial charge is 0.450 e. The van der Waals surface area contributed by atoms with Gasteiger partial charge in [0.2, 0.25) is 11.8 Å². The van der Waals surface area contributed by atoms with Gasteiger partial charge >= 0.3 is 6.09 Å². The lowest BCUT2D eigenvalue weighted by molar-refractivity contribution is -0.139. The van der Waals surface area contributed by atoms with Crippen molar-refractivity contribution in [1.82, 2.24) is 15.1 Å². The van der Waals surface area contributed by atoms with E-state index in [1.807, 2.05) is 0 Å². The number of hydrogen-bond donors (Lipinski definition) is 1. The highest BCUT2D eigenvalue weighted by Gasteiger charge is 2.29. The topological polar surface area (TPSA) is 96.0 Å². The van der Waals surface area contributed by atoms with Crippen molar-refractivity contribution in [2.24, 2.45) is 0 Å². The molecule has 150 valence electrons. The molecule has 1 aromatic carbocycles. The summed E-state index contributed by atoms with van der Waals surface area (Å²) in [4.78, 5) is 50.8. The molecule has 1 N–H and O–H groups in total. The van der Waals surface area contributed by atoms with Gasteiger partial charge < -0.3 is 15.0 Å². The SMILES string of the molecule is CCOC(=O)NC1CCCN(C(=O)c2ccc(CN3C(=O)CCC3=O)cc2)C1. The number of piperidine rings is 1. The lowest BCUT2D eigenvalue weighted by atomic mass is 10.0. The van der Waals surface area contributed by atoms with Crippen molar-refractivity contribution in [3.8, 4) is 0 Å². The molecular weight excluding hydrogens is 362 g/mol. The number of ether oxygens (including phenoxy) is 1. The summed E-state index contributed by atoms with van der Waals surface area (Å²) in [6.45, 7) is 3.37. The van der Waals surface area contributed by atoms with Crippen LogP contribution in [-0.4, -0.2) is 59.4 Å². The molecular formula is C20H25N3O5. The zero-order chi connectivity index (χ0) is 20.1. The number of nitrogens with zero attached hydrogens (tertiary/aromatic N) is 2. The van der Waals surface area contributed by atoms with E-state index in [1.54, 1.807) is 36.1 Å². The zero-order valence-electron chi connectivity index (χ0n) is 16.0. The van der Waals surface area contributed by atoms with Crippen LogP contribution in [0.2, 0.25) is 0 Å². The van der Waals surface area contributed by atoms with E-state index in [2.05, 4.69) is 5.32 Å². The van der Waals surface area contributed by atoms with Crippen LogP contribution in [0.1, 0.15) is 48.5 Å². The number of hydrogen-bond acceptors (Lipinski definition) is 5. The third-order valence-electron chi connectivity index (χ3n) is 5.00. The highest BCUT2D eigenvalue weighted by Crippen LogP contribution is 2.18. The van der Waals surface area contributed by atoms with Crippen LogP contribution in [0, 0.1) is 0 Å². The lowest BCUT2D eigenvalue weighted by Gasteiger charge is -2.33. The van der Waals surface area contributed by atoms with Crippen molar-refractivity contribution in [3.63, 3.8) is 0 Å². The molecule has 0 radical (unpaired) electrons. The fourth-order valence-electron chi connectivity index (χ4n) is 3.54. The van der Waals surface area contributed by atoms with Gasteiger partial charge in [-0.05, 0) is 37.5 Å². The summed E-state index contributed by atoms with van der Waals surface area (Å²) >= 11 is 0. The predicted octanol–water partition coefficient (Wildman–Crippen LogP) is 1.69. The van der Waals surface area contributed by atoms with Crippen molar-refractivity contribution < 1.29 is 23.9 Å². The van der Waals surface area contributed by atoms with Crippen LogP contribution >= 0.6 is 0 Å². The number of alkyl carbamates (subject to hydrolysis) is 1. The van der Waals surface area contributed by atoms with Gasteiger partial charge in [0, 0.05) is 37.5 Å². The molecule has 8 heteroatoms. The van der Waals surface area contributed by atoms with E-state index in [4.69, 9.17) is 4.74 Å². The average molecular weight is 387 g/mol. The Hall–Kier alpha value is -2.90. The van der Waals surface area contributed by atoms with E-state index in [1.165, 1.54) is 4.90 Å². The summed E-state index contributed by atoms with van der Waals surface area (Å²) in [5.41, 5.74) is 1.35. The van der Waals surface area contributed by atoms with Gasteiger partial charge in [-0.3, -0.25) is 19.3 Å². The van der Waals surface area contributed by atoms with E-state index in [0.717, 1.165) is 18.4 Å². The normalized spacial score (nSPS) is 19.7. The molecule has 2 aliphatic rings. The molecule has 0 aromatic heterocycles. The second-order valence-corrected chi connectivity index (χ2v) is 7.03. The highest BCUT2D eigenvalue weighted by molar-refractivity contribution is 6.01. The maximum absolute atomic E-state index is 12.8. The van der Waals surface area contributed by atoms with Crippen molar-refractivity contribution >= 4 is 23.8 Å². The van der Waals surface area contributed by atoms with Crippen LogP contribution in [0.25, 0.3) is 0 Å². The van der Waals surface area contributed by atoms with Crippen LogP contribution in [0.4, 0.5) is 4.79 Å². The molecule has 2 aliphatic heterocycles. The third kappa shape index (κ3) is 4.68. The molecule has 2 saturated heterocycles. The highest BCUT2D eigenvalue weighted by atomic mass is 16.5. The van der Waals surface area contributed by atoms with E-state index < -0.39 is 6.09 Å². The molecule has 28 heavy (non-hydrogen) atoms. The molecule has 1 atom stereocenters. The van der Waals surface area contributed by atoms with Crippen molar-refractivity contribution in [1.29, 1.82) is 0 Å². The van der Waals surface area contributed by atoms with E-state index >= 15 is 0 Å². The molecule has 0 aliphatic carbocycles. The maximum atomic E-state index is 12.8. The molecule has 0 spiro atoms. The number of imide groups is 1. The summed E-state index contributed by atoms with van der Waals surface area (Å²) in [5, 5.41) is 2.79. The van der Waals surface area contributed by atoms with Crippen LogP contribution < -0.4 is 5.32 Å².